The van der Waals surface area contributed by atoms with Gasteiger partial charge >= 0.3 is 0 Å². The van der Waals surface area contributed by atoms with Gasteiger partial charge in [0.2, 0.25) is 10.0 Å². The van der Waals surface area contributed by atoms with E-state index in [9.17, 15) is 23.1 Å². The van der Waals surface area contributed by atoms with Gasteiger partial charge < -0.3 is 20.1 Å². The minimum atomic E-state index is -3.48. The van der Waals surface area contributed by atoms with Gasteiger partial charge in [0.15, 0.2) is 5.75 Å². The highest BCUT2D eigenvalue weighted by Gasteiger charge is 2.35. The quantitative estimate of drug-likeness (QED) is 0.601. The first-order valence-corrected chi connectivity index (χ1v) is 12.7. The Kier molecular flexibility index (Phi) is 7.90. The first kappa shape index (κ1) is 25.6. The number of hydrogen-bond donors (Lipinski definition) is 2. The minimum Gasteiger partial charge on any atom is -0.486 e. The molecule has 3 atom stereocenters. The predicted octanol–water partition coefficient (Wildman–Crippen LogP) is 1.45. The first-order chi connectivity index (χ1) is 16.0. The number of anilines is 1. The van der Waals surface area contributed by atoms with Gasteiger partial charge in [-0.1, -0.05) is 13.0 Å². The van der Waals surface area contributed by atoms with Gasteiger partial charge in [-0.3, -0.25) is 14.6 Å². The van der Waals surface area contributed by atoms with Crippen molar-refractivity contribution in [2.24, 2.45) is 5.92 Å². The van der Waals surface area contributed by atoms with E-state index in [1.165, 1.54) is 23.7 Å². The highest BCUT2D eigenvalue weighted by Crippen LogP contribution is 2.35. The van der Waals surface area contributed by atoms with Gasteiger partial charge in [-0.2, -0.15) is 0 Å². The highest BCUT2D eigenvalue weighted by atomic mass is 32.2. The molecule has 0 aliphatic carbocycles. The summed E-state index contributed by atoms with van der Waals surface area (Å²) in [7, 11) is -2.02. The van der Waals surface area contributed by atoms with E-state index < -0.39 is 28.1 Å². The third-order valence-corrected chi connectivity index (χ3v) is 7.17. The van der Waals surface area contributed by atoms with Crippen molar-refractivity contribution in [2.45, 2.75) is 26.0 Å². The normalized spacial score (nSPS) is 19.6. The maximum absolute atomic E-state index is 13.4. The van der Waals surface area contributed by atoms with Gasteiger partial charge in [0, 0.05) is 37.5 Å². The van der Waals surface area contributed by atoms with Crippen LogP contribution in [-0.2, 0) is 10.0 Å². The van der Waals surface area contributed by atoms with Crippen LogP contribution in [0.25, 0.3) is 0 Å². The summed E-state index contributed by atoms with van der Waals surface area (Å²) in [6.45, 7) is 3.66. The summed E-state index contributed by atoms with van der Waals surface area (Å²) in [4.78, 5) is 31.7. The Morgan fingerprint density at radius 1 is 1.32 bits per heavy atom. The topological polar surface area (TPSA) is 129 Å². The van der Waals surface area contributed by atoms with Crippen LogP contribution in [0.4, 0.5) is 5.69 Å². The van der Waals surface area contributed by atoms with Crippen molar-refractivity contribution in [2.75, 3.05) is 38.3 Å². The molecule has 3 rings (SSSR count). The van der Waals surface area contributed by atoms with Crippen LogP contribution in [0, 0.1) is 5.92 Å². The van der Waals surface area contributed by atoms with Crippen LogP contribution < -0.4 is 10.1 Å². The van der Waals surface area contributed by atoms with Crippen molar-refractivity contribution in [1.29, 1.82) is 0 Å². The molecule has 0 unspecified atom stereocenters. The molecule has 1 aromatic heterocycles. The van der Waals surface area contributed by atoms with E-state index in [0.29, 0.717) is 5.56 Å². The molecule has 2 amide bonds. The molecular weight excluding hydrogens is 460 g/mol. The third-order valence-electron chi connectivity index (χ3n) is 5.89. The second-order valence-corrected chi connectivity index (χ2v) is 10.6. The Morgan fingerprint density at radius 3 is 2.62 bits per heavy atom. The number of nitrogens with one attached hydrogen (secondary N) is 1. The van der Waals surface area contributed by atoms with Crippen molar-refractivity contribution in [3.63, 3.8) is 0 Å². The lowest BCUT2D eigenvalue weighted by atomic mass is 9.99. The number of amides is 2. The van der Waals surface area contributed by atoms with Crippen LogP contribution in [0.5, 0.6) is 5.75 Å². The molecule has 2 aromatic rings. The van der Waals surface area contributed by atoms with Gasteiger partial charge in [-0.15, -0.1) is 0 Å². The van der Waals surface area contributed by atoms with Crippen molar-refractivity contribution in [1.82, 2.24) is 14.2 Å². The molecule has 1 aromatic carbocycles. The maximum Gasteiger partial charge on any atom is 0.258 e. The van der Waals surface area contributed by atoms with E-state index in [1.54, 1.807) is 42.2 Å². The van der Waals surface area contributed by atoms with Crippen LogP contribution in [0.2, 0.25) is 0 Å². The molecule has 0 saturated carbocycles. The average molecular weight is 491 g/mol. The molecular formula is C23H30N4O6S. The fourth-order valence-electron chi connectivity index (χ4n) is 3.65. The SMILES string of the molecule is C[C@@H]1CN([C@H](C)CO)C(=O)c2cccc(NC(=O)c3ccncc3)c2O[C@@H]1CN(C)S(C)(=O)=O. The van der Waals surface area contributed by atoms with Crippen LogP contribution in [-0.4, -0.2) is 84.7 Å². The molecule has 0 radical (unpaired) electrons. The number of pyridine rings is 1. The monoisotopic (exact) mass is 490 g/mol. The molecule has 10 nitrogen and oxygen atoms in total. The number of aromatic nitrogens is 1. The summed E-state index contributed by atoms with van der Waals surface area (Å²) in [5.74, 6) is -0.881. The van der Waals surface area contributed by atoms with Crippen LogP contribution >= 0.6 is 0 Å². The predicted molar refractivity (Wildman–Crippen MR) is 127 cm³/mol. The van der Waals surface area contributed by atoms with Crippen molar-refractivity contribution in [3.05, 3.63) is 53.9 Å². The number of carbonyl (C=O) groups is 2. The summed E-state index contributed by atoms with van der Waals surface area (Å²) in [5, 5.41) is 12.5. The number of ether oxygens (including phenoxy) is 1. The molecule has 34 heavy (non-hydrogen) atoms. The fraction of sp³-hybridized carbons (Fsp3) is 0.435. The first-order valence-electron chi connectivity index (χ1n) is 10.9. The van der Waals surface area contributed by atoms with Crippen molar-refractivity contribution >= 4 is 27.5 Å². The number of para-hydroxylation sites is 1. The zero-order valence-electron chi connectivity index (χ0n) is 19.6. The lowest BCUT2D eigenvalue weighted by Gasteiger charge is -2.38. The summed E-state index contributed by atoms with van der Waals surface area (Å²) in [5.41, 5.74) is 0.874. The van der Waals surface area contributed by atoms with Crippen molar-refractivity contribution in [3.8, 4) is 5.75 Å². The van der Waals surface area contributed by atoms with E-state index in [1.807, 2.05) is 6.92 Å². The number of rotatable bonds is 7. The second kappa shape index (κ2) is 10.5. The van der Waals surface area contributed by atoms with Gasteiger partial charge in [-0.25, -0.2) is 12.7 Å². The molecule has 1 aliphatic heterocycles. The molecule has 0 fully saturated rings. The number of hydrogen-bond acceptors (Lipinski definition) is 7. The zero-order valence-corrected chi connectivity index (χ0v) is 20.4. The third kappa shape index (κ3) is 5.72. The van der Waals surface area contributed by atoms with E-state index in [-0.39, 0.29) is 48.5 Å². The number of aliphatic hydroxyl groups excluding tert-OH is 1. The molecule has 2 N–H and O–H groups in total. The number of benzene rings is 1. The summed E-state index contributed by atoms with van der Waals surface area (Å²) in [6, 6.07) is 7.49. The molecule has 184 valence electrons. The molecule has 2 heterocycles. The van der Waals surface area contributed by atoms with Crippen LogP contribution in [0.1, 0.15) is 34.6 Å². The largest absolute Gasteiger partial charge is 0.486 e. The zero-order chi connectivity index (χ0) is 25.0. The van der Waals surface area contributed by atoms with Crippen LogP contribution in [0.3, 0.4) is 0 Å². The summed E-state index contributed by atoms with van der Waals surface area (Å²) < 4.78 is 31.6. The Morgan fingerprint density at radius 2 is 2.00 bits per heavy atom. The molecule has 0 bridgehead atoms. The standard InChI is InChI=1S/C23H30N4O6S/c1-15-12-27(16(2)14-28)23(30)18-6-5-7-19(25-22(29)17-8-10-24-11-9-17)21(18)33-20(15)13-26(3)34(4,31)32/h5-11,15-16,20,28H,12-14H2,1-4H3,(H,25,29)/t15-,16-,20-/m1/s1. The fourth-order valence-corrected chi connectivity index (χ4v) is 4.06. The van der Waals surface area contributed by atoms with E-state index >= 15 is 0 Å². The number of carbonyl (C=O) groups excluding carboxylic acids is 2. The highest BCUT2D eigenvalue weighted by molar-refractivity contribution is 7.88. The van der Waals surface area contributed by atoms with Crippen molar-refractivity contribution < 1.29 is 27.9 Å². The Bertz CT molecular complexity index is 1140. The van der Waals surface area contributed by atoms with Gasteiger partial charge in [0.05, 0.1) is 36.7 Å². The smallest absolute Gasteiger partial charge is 0.258 e. The average Bonchev–Trinajstić information content (AvgIpc) is 2.81. The maximum atomic E-state index is 13.4. The Hall–Kier alpha value is -3.02. The summed E-state index contributed by atoms with van der Waals surface area (Å²) in [6.07, 6.45) is 3.48. The molecule has 0 spiro atoms. The number of aliphatic hydroxyl groups is 1. The molecule has 11 heteroatoms. The Labute approximate surface area is 199 Å². The van der Waals surface area contributed by atoms with Crippen LogP contribution in [0.15, 0.2) is 42.7 Å². The van der Waals surface area contributed by atoms with Gasteiger partial charge in [-0.05, 0) is 31.2 Å². The lowest BCUT2D eigenvalue weighted by Crippen LogP contribution is -2.50. The number of sulfonamides is 1. The van der Waals surface area contributed by atoms with Gasteiger partial charge in [0.1, 0.15) is 6.10 Å². The number of nitrogens with zero attached hydrogens (tertiary/aromatic N) is 3. The van der Waals surface area contributed by atoms with E-state index in [2.05, 4.69) is 10.3 Å². The number of likely N-dealkylation sites (N-methyl/N-ethyl adjacent to an activating group) is 1. The minimum absolute atomic E-state index is 0.0433. The molecule has 0 saturated heterocycles. The van der Waals surface area contributed by atoms with E-state index in [4.69, 9.17) is 4.74 Å². The number of fused-ring (bicyclic) bond motifs is 1. The van der Waals surface area contributed by atoms with E-state index in [0.717, 1.165) is 6.26 Å². The lowest BCUT2D eigenvalue weighted by molar-refractivity contribution is 0.0389. The molecule has 1 aliphatic rings. The summed E-state index contributed by atoms with van der Waals surface area (Å²) >= 11 is 0. The van der Waals surface area contributed by atoms with Gasteiger partial charge in [0.25, 0.3) is 11.8 Å². The second-order valence-electron chi connectivity index (χ2n) is 8.54. The Balaban J connectivity index is 2.06.